The largest absolute Gasteiger partial charge is 0.310 e. The van der Waals surface area contributed by atoms with Gasteiger partial charge < -0.3 is 5.32 Å². The molecule has 0 aliphatic heterocycles. The topological polar surface area (TPSA) is 12.0 Å². The summed E-state index contributed by atoms with van der Waals surface area (Å²) in [6, 6.07) is 7.46. The van der Waals surface area contributed by atoms with E-state index in [1.807, 2.05) is 0 Å². The van der Waals surface area contributed by atoms with Gasteiger partial charge in [0.1, 0.15) is 0 Å². The van der Waals surface area contributed by atoms with E-state index in [0.29, 0.717) is 6.04 Å². The third-order valence-corrected chi connectivity index (χ3v) is 5.55. The molecule has 0 amide bonds. The molecule has 2 aliphatic rings. The van der Waals surface area contributed by atoms with Crippen LogP contribution in [0.1, 0.15) is 49.3 Å². The van der Waals surface area contributed by atoms with Gasteiger partial charge in [0.25, 0.3) is 0 Å². The van der Waals surface area contributed by atoms with Gasteiger partial charge in [-0.25, -0.2) is 0 Å². The van der Waals surface area contributed by atoms with Crippen LogP contribution in [0.4, 0.5) is 0 Å². The van der Waals surface area contributed by atoms with Gasteiger partial charge in [0, 0.05) is 12.6 Å². The van der Waals surface area contributed by atoms with Gasteiger partial charge in [0.15, 0.2) is 0 Å². The van der Waals surface area contributed by atoms with Gasteiger partial charge in [-0.05, 0) is 68.9 Å². The highest BCUT2D eigenvalue weighted by Gasteiger charge is 2.41. The normalized spacial score (nSPS) is 30.8. The van der Waals surface area contributed by atoms with E-state index < -0.39 is 0 Å². The van der Waals surface area contributed by atoms with Gasteiger partial charge in [0.2, 0.25) is 0 Å². The zero-order valence-corrected chi connectivity index (χ0v) is 12.6. The Labute approximate surface area is 117 Å². The monoisotopic (exact) mass is 257 g/mol. The summed E-state index contributed by atoms with van der Waals surface area (Å²) in [6.07, 6.45) is 5.99. The van der Waals surface area contributed by atoms with Gasteiger partial charge in [-0.1, -0.05) is 30.2 Å². The second-order valence-corrected chi connectivity index (χ2v) is 6.94. The first-order valence-electron chi connectivity index (χ1n) is 7.93. The molecule has 2 saturated carbocycles. The molecule has 1 heteroatoms. The smallest absolute Gasteiger partial charge is 0.0210 e. The predicted octanol–water partition coefficient (Wildman–Crippen LogP) is 4.22. The number of aryl methyl sites for hydroxylation is 2. The van der Waals surface area contributed by atoms with Crippen LogP contribution >= 0.6 is 0 Å². The van der Waals surface area contributed by atoms with E-state index in [4.69, 9.17) is 0 Å². The van der Waals surface area contributed by atoms with E-state index in [1.54, 1.807) is 0 Å². The van der Waals surface area contributed by atoms with Gasteiger partial charge >= 0.3 is 0 Å². The van der Waals surface area contributed by atoms with E-state index in [1.165, 1.54) is 42.4 Å². The molecule has 0 heterocycles. The van der Waals surface area contributed by atoms with Crippen molar-refractivity contribution in [2.24, 2.45) is 17.8 Å². The van der Waals surface area contributed by atoms with Crippen molar-refractivity contribution in [3.05, 3.63) is 34.9 Å². The number of fused-ring (bicyclic) bond motifs is 2. The Morgan fingerprint density at radius 2 is 2.05 bits per heavy atom. The molecule has 19 heavy (non-hydrogen) atoms. The van der Waals surface area contributed by atoms with Crippen LogP contribution < -0.4 is 5.32 Å². The number of hydrogen-bond donors (Lipinski definition) is 1. The van der Waals surface area contributed by atoms with Crippen LogP contribution in [0.5, 0.6) is 0 Å². The zero-order chi connectivity index (χ0) is 13.4. The molecule has 1 aromatic rings. The predicted molar refractivity (Wildman–Crippen MR) is 81.2 cm³/mol. The molecule has 2 bridgehead atoms. The molecule has 0 spiro atoms. The molecule has 0 aromatic heterocycles. The average Bonchev–Trinajstić information content (AvgIpc) is 3.02. The van der Waals surface area contributed by atoms with Crippen LogP contribution in [0.2, 0.25) is 0 Å². The average molecular weight is 257 g/mol. The molecular formula is C18H27N. The summed E-state index contributed by atoms with van der Waals surface area (Å²) in [7, 11) is 0. The van der Waals surface area contributed by atoms with Crippen molar-refractivity contribution < 1.29 is 0 Å². The molecule has 0 radical (unpaired) electrons. The van der Waals surface area contributed by atoms with Gasteiger partial charge in [-0.3, -0.25) is 0 Å². The third kappa shape index (κ3) is 2.72. The molecule has 0 unspecified atom stereocenters. The quantitative estimate of drug-likeness (QED) is 0.851. The maximum absolute atomic E-state index is 3.79. The van der Waals surface area contributed by atoms with Crippen molar-refractivity contribution in [1.29, 1.82) is 0 Å². The molecule has 1 nitrogen and oxygen atoms in total. The van der Waals surface area contributed by atoms with Crippen LogP contribution in [0.15, 0.2) is 18.2 Å². The maximum atomic E-state index is 3.79. The van der Waals surface area contributed by atoms with Gasteiger partial charge in [0.05, 0.1) is 0 Å². The number of rotatable bonds is 4. The van der Waals surface area contributed by atoms with E-state index in [9.17, 15) is 0 Å². The molecule has 1 N–H and O–H groups in total. The SMILES string of the molecule is Cc1ccc(C)c(CN[C@H](C)[C@@H]2C[C@@H]3CC[C@@H]2C3)c1. The molecule has 4 atom stereocenters. The summed E-state index contributed by atoms with van der Waals surface area (Å²) < 4.78 is 0. The minimum Gasteiger partial charge on any atom is -0.310 e. The highest BCUT2D eigenvalue weighted by molar-refractivity contribution is 5.30. The fraction of sp³-hybridized carbons (Fsp3) is 0.667. The molecule has 2 fully saturated rings. The van der Waals surface area contributed by atoms with Gasteiger partial charge in [-0.15, -0.1) is 0 Å². The van der Waals surface area contributed by atoms with Crippen molar-refractivity contribution in [3.63, 3.8) is 0 Å². The lowest BCUT2D eigenvalue weighted by atomic mass is 9.84. The summed E-state index contributed by atoms with van der Waals surface area (Å²) in [5.41, 5.74) is 4.25. The first kappa shape index (κ1) is 13.2. The van der Waals surface area contributed by atoms with Crippen LogP contribution in [-0.2, 0) is 6.54 Å². The summed E-state index contributed by atoms with van der Waals surface area (Å²) in [5.74, 6) is 3.01. The van der Waals surface area contributed by atoms with E-state index >= 15 is 0 Å². The maximum Gasteiger partial charge on any atom is 0.0210 e. The van der Waals surface area contributed by atoms with Crippen molar-refractivity contribution >= 4 is 0 Å². The summed E-state index contributed by atoms with van der Waals surface area (Å²) in [4.78, 5) is 0. The minimum atomic E-state index is 0.676. The Morgan fingerprint density at radius 3 is 2.74 bits per heavy atom. The molecule has 104 valence electrons. The van der Waals surface area contributed by atoms with Gasteiger partial charge in [-0.2, -0.15) is 0 Å². The van der Waals surface area contributed by atoms with E-state index in [-0.39, 0.29) is 0 Å². The molecule has 3 rings (SSSR count). The molecule has 0 saturated heterocycles. The Morgan fingerprint density at radius 1 is 1.21 bits per heavy atom. The van der Waals surface area contributed by atoms with Crippen molar-refractivity contribution in [2.45, 2.75) is 59.0 Å². The Balaban J connectivity index is 1.58. The van der Waals surface area contributed by atoms with E-state index in [0.717, 1.165) is 24.3 Å². The van der Waals surface area contributed by atoms with Crippen molar-refractivity contribution in [3.8, 4) is 0 Å². The lowest BCUT2D eigenvalue weighted by molar-refractivity contribution is 0.259. The summed E-state index contributed by atoms with van der Waals surface area (Å²) >= 11 is 0. The molecule has 2 aliphatic carbocycles. The highest BCUT2D eigenvalue weighted by atomic mass is 14.9. The lowest BCUT2D eigenvalue weighted by Gasteiger charge is -2.29. The summed E-state index contributed by atoms with van der Waals surface area (Å²) in [5, 5.41) is 3.79. The highest BCUT2D eigenvalue weighted by Crippen LogP contribution is 2.49. The van der Waals surface area contributed by atoms with Crippen LogP contribution in [0.3, 0.4) is 0 Å². The first-order valence-corrected chi connectivity index (χ1v) is 7.93. The third-order valence-electron chi connectivity index (χ3n) is 5.55. The molecular weight excluding hydrogens is 230 g/mol. The fourth-order valence-electron chi connectivity index (χ4n) is 4.32. The summed E-state index contributed by atoms with van der Waals surface area (Å²) in [6.45, 7) is 7.83. The zero-order valence-electron chi connectivity index (χ0n) is 12.6. The molecule has 1 aromatic carbocycles. The Hall–Kier alpha value is -0.820. The van der Waals surface area contributed by atoms with Crippen LogP contribution in [0.25, 0.3) is 0 Å². The number of benzene rings is 1. The second-order valence-electron chi connectivity index (χ2n) is 6.94. The Bertz CT molecular complexity index is 451. The standard InChI is InChI=1S/C18H27N/c1-12-4-5-13(2)17(8-12)11-19-14(3)18-10-15-6-7-16(18)9-15/h4-5,8,14-16,18-19H,6-7,9-11H2,1-3H3/t14-,15-,16-,18+/m1/s1. The second kappa shape index (κ2) is 5.28. The number of nitrogens with one attached hydrogen (secondary N) is 1. The van der Waals surface area contributed by atoms with Crippen molar-refractivity contribution in [1.82, 2.24) is 5.32 Å². The van der Waals surface area contributed by atoms with E-state index in [2.05, 4.69) is 44.3 Å². The minimum absolute atomic E-state index is 0.676. The van der Waals surface area contributed by atoms with Crippen molar-refractivity contribution in [2.75, 3.05) is 0 Å². The van der Waals surface area contributed by atoms with Crippen LogP contribution in [0, 0.1) is 31.6 Å². The fourth-order valence-corrected chi connectivity index (χ4v) is 4.32. The van der Waals surface area contributed by atoms with Crippen LogP contribution in [-0.4, -0.2) is 6.04 Å². The Kier molecular flexibility index (Phi) is 3.66. The first-order chi connectivity index (χ1) is 9.13. The number of hydrogen-bond acceptors (Lipinski definition) is 1. The lowest BCUT2D eigenvalue weighted by Crippen LogP contribution is -2.36.